The van der Waals surface area contributed by atoms with E-state index in [1.165, 1.54) is 10.8 Å². The highest BCUT2D eigenvalue weighted by Gasteiger charge is 2.25. The van der Waals surface area contributed by atoms with Gasteiger partial charge in [0.05, 0.1) is 13.2 Å². The molecule has 0 aromatic carbocycles. The summed E-state index contributed by atoms with van der Waals surface area (Å²) in [6.07, 6.45) is 4.56. The molecular formula is C16H18N4O3. The van der Waals surface area contributed by atoms with Crippen molar-refractivity contribution in [2.75, 3.05) is 19.7 Å². The standard InChI is InChI=1S/C16H18N4O3/c1-12-9-13(3-5-17-12)14-10-19(7-8-23-14)15(21)11-20-6-2-4-18-16(20)22/h2-6,9,14H,7-8,10-11H2,1H3/t14-/m0/s1. The zero-order chi connectivity index (χ0) is 16.2. The minimum Gasteiger partial charge on any atom is -0.370 e. The average molecular weight is 314 g/mol. The number of aryl methyl sites for hydroxylation is 1. The van der Waals surface area contributed by atoms with Crippen molar-refractivity contribution in [2.24, 2.45) is 0 Å². The van der Waals surface area contributed by atoms with Gasteiger partial charge in [0.2, 0.25) is 5.91 Å². The smallest absolute Gasteiger partial charge is 0.347 e. The van der Waals surface area contributed by atoms with Crippen LogP contribution in [-0.4, -0.2) is 45.0 Å². The molecule has 0 aliphatic carbocycles. The van der Waals surface area contributed by atoms with Crippen molar-refractivity contribution in [3.05, 3.63) is 58.5 Å². The summed E-state index contributed by atoms with van der Waals surface area (Å²) in [5, 5.41) is 0. The quantitative estimate of drug-likeness (QED) is 0.827. The van der Waals surface area contributed by atoms with E-state index in [1.807, 2.05) is 19.1 Å². The van der Waals surface area contributed by atoms with Crippen LogP contribution in [0.1, 0.15) is 17.4 Å². The van der Waals surface area contributed by atoms with E-state index in [0.717, 1.165) is 11.3 Å². The van der Waals surface area contributed by atoms with Crippen LogP contribution < -0.4 is 5.69 Å². The van der Waals surface area contributed by atoms with E-state index in [1.54, 1.807) is 23.4 Å². The predicted octanol–water partition coefficient (Wildman–Crippen LogP) is 0.547. The third kappa shape index (κ3) is 3.62. The molecular weight excluding hydrogens is 296 g/mol. The summed E-state index contributed by atoms with van der Waals surface area (Å²) in [4.78, 5) is 33.6. The zero-order valence-electron chi connectivity index (χ0n) is 12.9. The first-order valence-electron chi connectivity index (χ1n) is 7.47. The van der Waals surface area contributed by atoms with E-state index in [4.69, 9.17) is 4.74 Å². The van der Waals surface area contributed by atoms with Crippen molar-refractivity contribution in [2.45, 2.75) is 19.6 Å². The first-order valence-corrected chi connectivity index (χ1v) is 7.47. The van der Waals surface area contributed by atoms with Crippen LogP contribution in [0.15, 0.2) is 41.6 Å². The van der Waals surface area contributed by atoms with E-state index < -0.39 is 5.69 Å². The molecule has 0 spiro atoms. The maximum Gasteiger partial charge on any atom is 0.347 e. The van der Waals surface area contributed by atoms with Gasteiger partial charge in [-0.05, 0) is 30.7 Å². The molecule has 120 valence electrons. The number of hydrogen-bond acceptors (Lipinski definition) is 5. The Hall–Kier alpha value is -2.54. The third-order valence-electron chi connectivity index (χ3n) is 3.80. The molecule has 7 heteroatoms. The zero-order valence-corrected chi connectivity index (χ0v) is 12.9. The van der Waals surface area contributed by atoms with Gasteiger partial charge in [-0.1, -0.05) is 0 Å². The predicted molar refractivity (Wildman–Crippen MR) is 82.7 cm³/mol. The number of aromatic nitrogens is 3. The number of rotatable bonds is 3. The lowest BCUT2D eigenvalue weighted by molar-refractivity contribution is -0.139. The van der Waals surface area contributed by atoms with Gasteiger partial charge in [0.1, 0.15) is 12.6 Å². The number of pyridine rings is 1. The van der Waals surface area contributed by atoms with Crippen molar-refractivity contribution < 1.29 is 9.53 Å². The Kier molecular flexibility index (Phi) is 4.47. The summed E-state index contributed by atoms with van der Waals surface area (Å²) in [5.41, 5.74) is 1.50. The van der Waals surface area contributed by atoms with Gasteiger partial charge in [0, 0.05) is 30.8 Å². The molecule has 1 aliphatic rings. The number of morpholine rings is 1. The van der Waals surface area contributed by atoms with Crippen molar-refractivity contribution >= 4 is 5.91 Å². The van der Waals surface area contributed by atoms with Gasteiger partial charge in [0.25, 0.3) is 0 Å². The summed E-state index contributed by atoms with van der Waals surface area (Å²) in [5.74, 6) is -0.112. The topological polar surface area (TPSA) is 77.3 Å². The lowest BCUT2D eigenvalue weighted by atomic mass is 10.1. The fraction of sp³-hybridized carbons (Fsp3) is 0.375. The Morgan fingerprint density at radius 2 is 2.26 bits per heavy atom. The Morgan fingerprint density at radius 1 is 1.39 bits per heavy atom. The van der Waals surface area contributed by atoms with Crippen molar-refractivity contribution in [3.63, 3.8) is 0 Å². The second kappa shape index (κ2) is 6.70. The third-order valence-corrected chi connectivity index (χ3v) is 3.80. The van der Waals surface area contributed by atoms with Gasteiger partial charge in [-0.15, -0.1) is 0 Å². The van der Waals surface area contributed by atoms with Crippen LogP contribution in [0.4, 0.5) is 0 Å². The number of nitrogens with zero attached hydrogens (tertiary/aromatic N) is 4. The van der Waals surface area contributed by atoms with Crippen LogP contribution in [0.3, 0.4) is 0 Å². The fourth-order valence-corrected chi connectivity index (χ4v) is 2.60. The molecule has 1 aliphatic heterocycles. The van der Waals surface area contributed by atoms with Gasteiger partial charge in [-0.25, -0.2) is 9.78 Å². The molecule has 23 heavy (non-hydrogen) atoms. The molecule has 2 aromatic rings. The highest BCUT2D eigenvalue weighted by molar-refractivity contribution is 5.76. The summed E-state index contributed by atoms with van der Waals surface area (Å²) in [7, 11) is 0. The van der Waals surface area contributed by atoms with E-state index in [-0.39, 0.29) is 18.6 Å². The fourth-order valence-electron chi connectivity index (χ4n) is 2.60. The van der Waals surface area contributed by atoms with Gasteiger partial charge in [-0.2, -0.15) is 0 Å². The highest BCUT2D eigenvalue weighted by atomic mass is 16.5. The SMILES string of the molecule is Cc1cc([C@@H]2CN(C(=O)Cn3cccnc3=O)CCO2)ccn1. The molecule has 0 radical (unpaired) electrons. The lowest BCUT2D eigenvalue weighted by Crippen LogP contribution is -2.44. The molecule has 1 saturated heterocycles. The van der Waals surface area contributed by atoms with Crippen LogP contribution in [-0.2, 0) is 16.1 Å². The molecule has 0 bridgehead atoms. The molecule has 0 N–H and O–H groups in total. The molecule has 1 atom stereocenters. The second-order valence-corrected chi connectivity index (χ2v) is 5.46. The Labute approximate surface area is 133 Å². The molecule has 0 saturated carbocycles. The minimum absolute atomic E-state index is 0.00519. The Bertz CT molecular complexity index is 759. The molecule has 3 rings (SSSR count). The molecule has 1 amide bonds. The molecule has 1 fully saturated rings. The highest BCUT2D eigenvalue weighted by Crippen LogP contribution is 2.22. The number of hydrogen-bond donors (Lipinski definition) is 0. The number of ether oxygens (including phenoxy) is 1. The van der Waals surface area contributed by atoms with E-state index in [9.17, 15) is 9.59 Å². The van der Waals surface area contributed by atoms with Gasteiger partial charge in [-0.3, -0.25) is 14.3 Å². The number of amides is 1. The van der Waals surface area contributed by atoms with Crippen molar-refractivity contribution in [3.8, 4) is 0 Å². The number of carbonyl (C=O) groups is 1. The van der Waals surface area contributed by atoms with Crippen LogP contribution in [0, 0.1) is 6.92 Å². The molecule has 3 heterocycles. The first kappa shape index (κ1) is 15.4. The van der Waals surface area contributed by atoms with E-state index in [2.05, 4.69) is 9.97 Å². The normalized spacial score (nSPS) is 18.0. The van der Waals surface area contributed by atoms with E-state index >= 15 is 0 Å². The summed E-state index contributed by atoms with van der Waals surface area (Å²) < 4.78 is 7.08. The summed E-state index contributed by atoms with van der Waals surface area (Å²) in [6, 6.07) is 5.50. The largest absolute Gasteiger partial charge is 0.370 e. The van der Waals surface area contributed by atoms with Crippen LogP contribution in [0.2, 0.25) is 0 Å². The van der Waals surface area contributed by atoms with Crippen molar-refractivity contribution in [1.82, 2.24) is 19.4 Å². The Balaban J connectivity index is 1.70. The van der Waals surface area contributed by atoms with Crippen LogP contribution in [0.25, 0.3) is 0 Å². The van der Waals surface area contributed by atoms with Gasteiger partial charge < -0.3 is 9.64 Å². The molecule has 7 nitrogen and oxygen atoms in total. The monoisotopic (exact) mass is 314 g/mol. The molecule has 0 unspecified atom stereocenters. The summed E-state index contributed by atoms with van der Waals surface area (Å²) in [6.45, 7) is 3.38. The summed E-state index contributed by atoms with van der Waals surface area (Å²) >= 11 is 0. The second-order valence-electron chi connectivity index (χ2n) is 5.46. The van der Waals surface area contributed by atoms with E-state index in [0.29, 0.717) is 19.7 Å². The van der Waals surface area contributed by atoms with Crippen LogP contribution >= 0.6 is 0 Å². The maximum absolute atomic E-state index is 12.4. The first-order chi connectivity index (χ1) is 11.1. The lowest BCUT2D eigenvalue weighted by Gasteiger charge is -2.33. The van der Waals surface area contributed by atoms with Crippen LogP contribution in [0.5, 0.6) is 0 Å². The number of carbonyl (C=O) groups excluding carboxylic acids is 1. The van der Waals surface area contributed by atoms with Crippen molar-refractivity contribution in [1.29, 1.82) is 0 Å². The Morgan fingerprint density at radius 3 is 3.04 bits per heavy atom. The minimum atomic E-state index is -0.421. The van der Waals surface area contributed by atoms with Gasteiger partial charge >= 0.3 is 5.69 Å². The average Bonchev–Trinajstić information content (AvgIpc) is 2.57. The maximum atomic E-state index is 12.4. The van der Waals surface area contributed by atoms with Gasteiger partial charge in [0.15, 0.2) is 0 Å². The molecule has 2 aromatic heterocycles.